The third-order valence-electron chi connectivity index (χ3n) is 4.84. The number of aromatic hydroxyl groups is 2. The molecule has 0 aliphatic heterocycles. The SMILES string of the molecule is COc1ccc(-c2c(C(=O)NCCCCC(=O)NO)noc2-c2cc(Cl)c(O)cc2O)cc1. The van der Waals surface area contributed by atoms with E-state index < -0.39 is 11.8 Å². The van der Waals surface area contributed by atoms with Crippen LogP contribution in [0.15, 0.2) is 40.9 Å². The molecular weight excluding hydrogens is 454 g/mol. The maximum Gasteiger partial charge on any atom is 0.274 e. The fourth-order valence-electron chi connectivity index (χ4n) is 3.14. The molecule has 33 heavy (non-hydrogen) atoms. The molecule has 0 radical (unpaired) electrons. The smallest absolute Gasteiger partial charge is 0.274 e. The number of benzene rings is 2. The molecule has 1 heterocycles. The van der Waals surface area contributed by atoms with Gasteiger partial charge in [0.1, 0.15) is 17.2 Å². The summed E-state index contributed by atoms with van der Waals surface area (Å²) in [4.78, 5) is 23.9. The Kier molecular flexibility index (Phi) is 7.75. The lowest BCUT2D eigenvalue weighted by atomic mass is 9.98. The van der Waals surface area contributed by atoms with E-state index in [0.717, 1.165) is 6.07 Å². The molecule has 0 saturated heterocycles. The van der Waals surface area contributed by atoms with Gasteiger partial charge in [0.2, 0.25) is 5.91 Å². The molecule has 2 aromatic carbocycles. The number of hydroxylamine groups is 1. The number of halogens is 1. The third-order valence-corrected chi connectivity index (χ3v) is 5.14. The molecule has 174 valence electrons. The molecule has 0 atom stereocenters. The second-order valence-corrected chi connectivity index (χ2v) is 7.44. The molecule has 10 nitrogen and oxygen atoms in total. The van der Waals surface area contributed by atoms with E-state index in [2.05, 4.69) is 10.5 Å². The zero-order valence-electron chi connectivity index (χ0n) is 17.6. The lowest BCUT2D eigenvalue weighted by Gasteiger charge is -2.09. The highest BCUT2D eigenvalue weighted by molar-refractivity contribution is 6.32. The van der Waals surface area contributed by atoms with E-state index in [0.29, 0.717) is 29.7 Å². The van der Waals surface area contributed by atoms with Crippen LogP contribution in [0.2, 0.25) is 5.02 Å². The third kappa shape index (κ3) is 5.54. The first kappa shape index (κ1) is 23.9. The number of hydrogen-bond donors (Lipinski definition) is 5. The molecule has 0 fully saturated rings. The van der Waals surface area contributed by atoms with Gasteiger partial charge in [-0.25, -0.2) is 5.48 Å². The average Bonchev–Trinajstić information content (AvgIpc) is 3.25. The Morgan fingerprint density at radius 3 is 2.52 bits per heavy atom. The van der Waals surface area contributed by atoms with Gasteiger partial charge < -0.3 is 24.8 Å². The summed E-state index contributed by atoms with van der Waals surface area (Å²) < 4.78 is 10.6. The first-order valence-corrected chi connectivity index (χ1v) is 10.3. The molecule has 0 unspecified atom stereocenters. The Balaban J connectivity index is 1.93. The Bertz CT molecular complexity index is 1150. The molecule has 0 aliphatic rings. The van der Waals surface area contributed by atoms with Crippen molar-refractivity contribution in [2.75, 3.05) is 13.7 Å². The fraction of sp³-hybridized carbons (Fsp3) is 0.227. The van der Waals surface area contributed by atoms with Crippen molar-refractivity contribution < 1.29 is 34.3 Å². The highest BCUT2D eigenvalue weighted by Crippen LogP contribution is 2.43. The number of carbonyl (C=O) groups is 2. The minimum Gasteiger partial charge on any atom is -0.507 e. The van der Waals surface area contributed by atoms with Gasteiger partial charge in [-0.1, -0.05) is 28.9 Å². The van der Waals surface area contributed by atoms with Crippen LogP contribution in [0.1, 0.15) is 29.8 Å². The summed E-state index contributed by atoms with van der Waals surface area (Å²) in [6.45, 7) is 0.262. The summed E-state index contributed by atoms with van der Waals surface area (Å²) in [6.07, 6.45) is 1.08. The molecule has 0 spiro atoms. The van der Waals surface area contributed by atoms with E-state index in [9.17, 15) is 19.8 Å². The molecule has 5 N–H and O–H groups in total. The molecule has 0 bridgehead atoms. The quantitative estimate of drug-likeness (QED) is 0.179. The fourth-order valence-corrected chi connectivity index (χ4v) is 3.30. The van der Waals surface area contributed by atoms with E-state index in [4.69, 9.17) is 26.1 Å². The van der Waals surface area contributed by atoms with Gasteiger partial charge in [0.15, 0.2) is 11.5 Å². The molecule has 2 amide bonds. The van der Waals surface area contributed by atoms with E-state index in [-0.39, 0.29) is 46.5 Å². The number of nitrogens with zero attached hydrogens (tertiary/aromatic N) is 1. The summed E-state index contributed by atoms with van der Waals surface area (Å²) in [5.74, 6) is -0.953. The molecule has 3 rings (SSSR count). The van der Waals surface area contributed by atoms with Crippen LogP contribution < -0.4 is 15.5 Å². The number of nitrogens with one attached hydrogen (secondary N) is 2. The number of ether oxygens (including phenoxy) is 1. The van der Waals surface area contributed by atoms with Gasteiger partial charge in [0.05, 0.1) is 23.3 Å². The largest absolute Gasteiger partial charge is 0.507 e. The minimum atomic E-state index is -0.521. The van der Waals surface area contributed by atoms with Crippen molar-refractivity contribution in [1.29, 1.82) is 0 Å². The molecule has 3 aromatic rings. The van der Waals surface area contributed by atoms with Crippen molar-refractivity contribution in [2.45, 2.75) is 19.3 Å². The van der Waals surface area contributed by atoms with Crippen molar-refractivity contribution >= 4 is 23.4 Å². The molecule has 1 aromatic heterocycles. The van der Waals surface area contributed by atoms with Crippen molar-refractivity contribution in [1.82, 2.24) is 16.0 Å². The maximum atomic E-state index is 12.9. The van der Waals surface area contributed by atoms with E-state index in [1.807, 2.05) is 0 Å². The van der Waals surface area contributed by atoms with Gasteiger partial charge in [-0.2, -0.15) is 0 Å². The number of carbonyl (C=O) groups excluding carboxylic acids is 2. The highest BCUT2D eigenvalue weighted by Gasteiger charge is 2.26. The molecule has 11 heteroatoms. The van der Waals surface area contributed by atoms with E-state index in [1.165, 1.54) is 13.2 Å². The van der Waals surface area contributed by atoms with Crippen LogP contribution in [-0.4, -0.2) is 46.0 Å². The molecule has 0 aliphatic carbocycles. The predicted octanol–water partition coefficient (Wildman–Crippen LogP) is 3.49. The Morgan fingerprint density at radius 2 is 1.85 bits per heavy atom. The zero-order chi connectivity index (χ0) is 24.0. The maximum absolute atomic E-state index is 12.9. The number of amides is 2. The minimum absolute atomic E-state index is 0.0159. The monoisotopic (exact) mass is 475 g/mol. The number of hydrogen-bond acceptors (Lipinski definition) is 8. The van der Waals surface area contributed by atoms with Crippen molar-refractivity contribution in [3.8, 4) is 39.7 Å². The summed E-state index contributed by atoms with van der Waals surface area (Å²) in [5, 5.41) is 35.2. The van der Waals surface area contributed by atoms with Crippen molar-refractivity contribution in [3.05, 3.63) is 47.1 Å². The highest BCUT2D eigenvalue weighted by atomic mass is 35.5. The Labute approximate surface area is 193 Å². The van der Waals surface area contributed by atoms with Crippen molar-refractivity contribution in [2.24, 2.45) is 0 Å². The van der Waals surface area contributed by atoms with Crippen LogP contribution in [-0.2, 0) is 4.79 Å². The van der Waals surface area contributed by atoms with Crippen LogP contribution in [0.25, 0.3) is 22.5 Å². The van der Waals surface area contributed by atoms with Gasteiger partial charge in [0.25, 0.3) is 5.91 Å². The lowest BCUT2D eigenvalue weighted by molar-refractivity contribution is -0.129. The average molecular weight is 476 g/mol. The second-order valence-electron chi connectivity index (χ2n) is 7.03. The lowest BCUT2D eigenvalue weighted by Crippen LogP contribution is -2.25. The van der Waals surface area contributed by atoms with Crippen LogP contribution in [0, 0.1) is 0 Å². The first-order valence-electron chi connectivity index (χ1n) is 9.92. The Hall–Kier alpha value is -3.76. The number of phenols is 2. The van der Waals surface area contributed by atoms with Gasteiger partial charge in [-0.3, -0.25) is 14.8 Å². The van der Waals surface area contributed by atoms with Crippen LogP contribution >= 0.6 is 11.6 Å². The number of unbranched alkanes of at least 4 members (excludes halogenated alkanes) is 1. The van der Waals surface area contributed by atoms with Gasteiger partial charge >= 0.3 is 0 Å². The topological polar surface area (TPSA) is 154 Å². The zero-order valence-corrected chi connectivity index (χ0v) is 18.3. The van der Waals surface area contributed by atoms with E-state index in [1.54, 1.807) is 29.7 Å². The predicted molar refractivity (Wildman–Crippen MR) is 118 cm³/mol. The summed E-state index contributed by atoms with van der Waals surface area (Å²) >= 11 is 6.01. The summed E-state index contributed by atoms with van der Waals surface area (Å²) in [7, 11) is 1.53. The van der Waals surface area contributed by atoms with Gasteiger partial charge in [0, 0.05) is 19.0 Å². The number of aromatic nitrogens is 1. The summed E-state index contributed by atoms with van der Waals surface area (Å²) in [6, 6.07) is 9.19. The van der Waals surface area contributed by atoms with Crippen molar-refractivity contribution in [3.63, 3.8) is 0 Å². The summed E-state index contributed by atoms with van der Waals surface area (Å²) in [5.41, 5.74) is 2.56. The van der Waals surface area contributed by atoms with Crippen LogP contribution in [0.4, 0.5) is 0 Å². The molecule has 0 saturated carbocycles. The van der Waals surface area contributed by atoms with Crippen LogP contribution in [0.3, 0.4) is 0 Å². The Morgan fingerprint density at radius 1 is 1.12 bits per heavy atom. The number of phenolic OH excluding ortho intramolecular Hbond substituents is 2. The first-order chi connectivity index (χ1) is 15.8. The van der Waals surface area contributed by atoms with Gasteiger partial charge in [-0.05, 0) is 36.6 Å². The molecular formula is C22H22ClN3O7. The number of rotatable bonds is 9. The number of methoxy groups -OCH3 is 1. The normalized spacial score (nSPS) is 10.6. The standard InChI is InChI=1S/C22H22ClN3O7/c1-32-13-7-5-12(6-8-13)19-20(22(30)24-9-3-2-4-18(29)25-31)26-33-21(19)14-10-15(23)17(28)11-16(14)27/h5-8,10-11,27-28,31H,2-4,9H2,1H3,(H,24,30)(H,25,29). The second kappa shape index (κ2) is 10.7. The van der Waals surface area contributed by atoms with Crippen LogP contribution in [0.5, 0.6) is 17.2 Å². The van der Waals surface area contributed by atoms with Gasteiger partial charge in [-0.15, -0.1) is 0 Å². The van der Waals surface area contributed by atoms with E-state index >= 15 is 0 Å².